The predicted octanol–water partition coefficient (Wildman–Crippen LogP) is 1.58. The number of carboxylic acid groups (broad SMARTS) is 1. The number of aromatic nitrogens is 1. The Morgan fingerprint density at radius 3 is 2.75 bits per heavy atom. The van der Waals surface area contributed by atoms with Gasteiger partial charge in [-0.15, -0.1) is 11.3 Å². The Balaban J connectivity index is 2.38. The van der Waals surface area contributed by atoms with Crippen LogP contribution >= 0.6 is 11.3 Å². The van der Waals surface area contributed by atoms with Gasteiger partial charge in [-0.2, -0.15) is 0 Å². The lowest BCUT2D eigenvalue weighted by Crippen LogP contribution is -2.22. The molecule has 0 fully saturated rings. The smallest absolute Gasteiger partial charge is 0.0733 e. The molecule has 2 aromatic heterocycles. The normalized spacial score (nSPS) is 10.6. The molecule has 3 nitrogen and oxygen atoms in total. The van der Waals surface area contributed by atoms with Crippen molar-refractivity contribution in [3.05, 3.63) is 45.4 Å². The molecular formula is C12H12NO2S-. The SMILES string of the molecule is Cc1cc(C(=O)[O-])c(C)n1Cc1cccs1. The van der Waals surface area contributed by atoms with Crippen LogP contribution in [0.1, 0.15) is 26.6 Å². The second kappa shape index (κ2) is 4.14. The van der Waals surface area contributed by atoms with Gasteiger partial charge in [0.25, 0.3) is 0 Å². The highest BCUT2D eigenvalue weighted by Crippen LogP contribution is 2.18. The van der Waals surface area contributed by atoms with E-state index in [4.69, 9.17) is 0 Å². The Bertz CT molecular complexity index is 511. The average Bonchev–Trinajstić information content (AvgIpc) is 2.81. The topological polar surface area (TPSA) is 45.1 Å². The first kappa shape index (κ1) is 11.0. The molecule has 4 heteroatoms. The van der Waals surface area contributed by atoms with E-state index < -0.39 is 5.97 Å². The molecule has 16 heavy (non-hydrogen) atoms. The zero-order valence-corrected chi connectivity index (χ0v) is 10.0. The van der Waals surface area contributed by atoms with E-state index in [1.165, 1.54) is 4.88 Å². The van der Waals surface area contributed by atoms with Gasteiger partial charge in [-0.3, -0.25) is 0 Å². The van der Waals surface area contributed by atoms with E-state index in [1.807, 2.05) is 35.9 Å². The molecule has 0 saturated carbocycles. The molecule has 0 radical (unpaired) electrons. The van der Waals surface area contributed by atoms with Gasteiger partial charge < -0.3 is 14.5 Å². The van der Waals surface area contributed by atoms with E-state index in [0.29, 0.717) is 0 Å². The Morgan fingerprint density at radius 2 is 2.25 bits per heavy atom. The number of aryl methyl sites for hydroxylation is 1. The molecule has 0 atom stereocenters. The first-order valence-electron chi connectivity index (χ1n) is 5.00. The Morgan fingerprint density at radius 1 is 1.50 bits per heavy atom. The minimum Gasteiger partial charge on any atom is -0.545 e. The highest BCUT2D eigenvalue weighted by Gasteiger charge is 2.10. The third-order valence-corrected chi connectivity index (χ3v) is 3.55. The Kier molecular flexibility index (Phi) is 2.83. The zero-order valence-electron chi connectivity index (χ0n) is 9.19. The average molecular weight is 234 g/mol. The fourth-order valence-electron chi connectivity index (χ4n) is 1.81. The van der Waals surface area contributed by atoms with E-state index in [-0.39, 0.29) is 5.56 Å². The molecule has 2 aromatic rings. The predicted molar refractivity (Wildman–Crippen MR) is 61.7 cm³/mol. The maximum Gasteiger partial charge on any atom is 0.0733 e. The van der Waals surface area contributed by atoms with Crippen molar-refractivity contribution in [2.24, 2.45) is 0 Å². The van der Waals surface area contributed by atoms with Crippen LogP contribution in [0.4, 0.5) is 0 Å². The first-order chi connectivity index (χ1) is 7.59. The summed E-state index contributed by atoms with van der Waals surface area (Å²) in [6.45, 7) is 4.45. The summed E-state index contributed by atoms with van der Waals surface area (Å²) < 4.78 is 2.00. The van der Waals surface area contributed by atoms with Gasteiger partial charge in [-0.25, -0.2) is 0 Å². The van der Waals surface area contributed by atoms with Crippen molar-refractivity contribution < 1.29 is 9.90 Å². The van der Waals surface area contributed by atoms with Gasteiger partial charge >= 0.3 is 0 Å². The summed E-state index contributed by atoms with van der Waals surface area (Å²) in [6.07, 6.45) is 0. The van der Waals surface area contributed by atoms with E-state index >= 15 is 0 Å². The van der Waals surface area contributed by atoms with Gasteiger partial charge in [-0.1, -0.05) is 6.07 Å². The molecule has 2 heterocycles. The molecule has 2 rings (SSSR count). The van der Waals surface area contributed by atoms with Crippen LogP contribution in [-0.2, 0) is 6.54 Å². The first-order valence-corrected chi connectivity index (χ1v) is 5.88. The van der Waals surface area contributed by atoms with Gasteiger partial charge in [0.05, 0.1) is 12.5 Å². The van der Waals surface area contributed by atoms with E-state index in [1.54, 1.807) is 17.4 Å². The Hall–Kier alpha value is -1.55. The van der Waals surface area contributed by atoms with Crippen LogP contribution in [0.25, 0.3) is 0 Å². The van der Waals surface area contributed by atoms with Crippen LogP contribution < -0.4 is 5.11 Å². The van der Waals surface area contributed by atoms with Crippen LogP contribution in [0, 0.1) is 13.8 Å². The molecule has 0 bridgehead atoms. The maximum absolute atomic E-state index is 10.9. The number of hydrogen-bond acceptors (Lipinski definition) is 3. The van der Waals surface area contributed by atoms with Crippen LogP contribution in [0.2, 0.25) is 0 Å². The number of aromatic carboxylic acids is 1. The molecular weight excluding hydrogens is 222 g/mol. The van der Waals surface area contributed by atoms with Crippen molar-refractivity contribution in [3.63, 3.8) is 0 Å². The van der Waals surface area contributed by atoms with Gasteiger partial charge in [0, 0.05) is 21.8 Å². The van der Waals surface area contributed by atoms with Crippen molar-refractivity contribution in [2.45, 2.75) is 20.4 Å². The molecule has 0 unspecified atom stereocenters. The number of carbonyl (C=O) groups excluding carboxylic acids is 1. The Labute approximate surface area is 98.0 Å². The lowest BCUT2D eigenvalue weighted by Gasteiger charge is -2.08. The fourth-order valence-corrected chi connectivity index (χ4v) is 2.50. The molecule has 0 N–H and O–H groups in total. The zero-order chi connectivity index (χ0) is 11.7. The van der Waals surface area contributed by atoms with Crippen molar-refractivity contribution in [2.75, 3.05) is 0 Å². The second-order valence-corrected chi connectivity index (χ2v) is 4.77. The number of nitrogens with zero attached hydrogens (tertiary/aromatic N) is 1. The van der Waals surface area contributed by atoms with Gasteiger partial charge in [0.1, 0.15) is 0 Å². The standard InChI is InChI=1S/C12H13NO2S/c1-8-6-11(12(14)15)9(2)13(8)7-10-4-3-5-16-10/h3-6H,7H2,1-2H3,(H,14,15)/p-1. The van der Waals surface area contributed by atoms with Gasteiger partial charge in [0.15, 0.2) is 0 Å². The van der Waals surface area contributed by atoms with Crippen molar-refractivity contribution in [3.8, 4) is 0 Å². The molecule has 0 amide bonds. The van der Waals surface area contributed by atoms with Gasteiger partial charge in [-0.05, 0) is 31.4 Å². The minimum atomic E-state index is -1.11. The lowest BCUT2D eigenvalue weighted by atomic mass is 10.2. The molecule has 0 aliphatic carbocycles. The summed E-state index contributed by atoms with van der Waals surface area (Å²) in [6, 6.07) is 5.70. The summed E-state index contributed by atoms with van der Waals surface area (Å²) in [4.78, 5) is 12.1. The van der Waals surface area contributed by atoms with Crippen molar-refractivity contribution in [1.29, 1.82) is 0 Å². The van der Waals surface area contributed by atoms with E-state index in [9.17, 15) is 9.90 Å². The van der Waals surface area contributed by atoms with Crippen molar-refractivity contribution in [1.82, 2.24) is 4.57 Å². The minimum absolute atomic E-state index is 0.286. The third kappa shape index (κ3) is 1.88. The highest BCUT2D eigenvalue weighted by molar-refractivity contribution is 7.09. The fraction of sp³-hybridized carbons (Fsp3) is 0.250. The molecule has 0 aliphatic heterocycles. The number of carbonyl (C=O) groups is 1. The van der Waals surface area contributed by atoms with Crippen LogP contribution in [0.3, 0.4) is 0 Å². The largest absolute Gasteiger partial charge is 0.545 e. The molecule has 0 aromatic carbocycles. The van der Waals surface area contributed by atoms with Gasteiger partial charge in [0.2, 0.25) is 0 Å². The monoisotopic (exact) mass is 234 g/mol. The molecule has 0 spiro atoms. The molecule has 0 saturated heterocycles. The van der Waals surface area contributed by atoms with E-state index in [2.05, 4.69) is 0 Å². The number of hydrogen-bond donors (Lipinski definition) is 0. The quantitative estimate of drug-likeness (QED) is 0.809. The van der Waals surface area contributed by atoms with Crippen LogP contribution in [0.15, 0.2) is 23.6 Å². The maximum atomic E-state index is 10.9. The molecule has 84 valence electrons. The number of rotatable bonds is 3. The van der Waals surface area contributed by atoms with Crippen molar-refractivity contribution >= 4 is 17.3 Å². The summed E-state index contributed by atoms with van der Waals surface area (Å²) >= 11 is 1.67. The van der Waals surface area contributed by atoms with Crippen LogP contribution in [-0.4, -0.2) is 10.5 Å². The van der Waals surface area contributed by atoms with E-state index in [0.717, 1.165) is 17.9 Å². The molecule has 0 aliphatic rings. The van der Waals surface area contributed by atoms with Crippen LogP contribution in [0.5, 0.6) is 0 Å². The summed E-state index contributed by atoms with van der Waals surface area (Å²) in [5.74, 6) is -1.11. The highest BCUT2D eigenvalue weighted by atomic mass is 32.1. The number of thiophene rings is 1. The second-order valence-electron chi connectivity index (χ2n) is 3.74. The number of carboxylic acids is 1. The lowest BCUT2D eigenvalue weighted by molar-refractivity contribution is -0.255. The summed E-state index contributed by atoms with van der Waals surface area (Å²) in [5.41, 5.74) is 1.99. The third-order valence-electron chi connectivity index (χ3n) is 2.69. The summed E-state index contributed by atoms with van der Waals surface area (Å²) in [7, 11) is 0. The summed E-state index contributed by atoms with van der Waals surface area (Å²) in [5, 5.41) is 12.9.